The molecule has 0 bridgehead atoms. The second-order valence-corrected chi connectivity index (χ2v) is 7.55. The van der Waals surface area contributed by atoms with Crippen LogP contribution in [0.3, 0.4) is 0 Å². The van der Waals surface area contributed by atoms with E-state index in [2.05, 4.69) is 32.9 Å². The molecule has 0 spiro atoms. The molecule has 0 aliphatic heterocycles. The zero-order chi connectivity index (χ0) is 21.5. The first-order valence-corrected chi connectivity index (χ1v) is 10.1. The summed E-state index contributed by atoms with van der Waals surface area (Å²) in [7, 11) is 1.61. The van der Waals surface area contributed by atoms with Crippen molar-refractivity contribution in [3.05, 3.63) is 82.2 Å². The van der Waals surface area contributed by atoms with Crippen molar-refractivity contribution in [2.45, 2.75) is 33.6 Å². The van der Waals surface area contributed by atoms with Gasteiger partial charge in [-0.2, -0.15) is 0 Å². The number of methoxy groups -OCH3 is 1. The molecule has 0 N–H and O–H groups in total. The largest absolute Gasteiger partial charge is 0.497 e. The molecule has 156 valence electrons. The van der Waals surface area contributed by atoms with Crippen LogP contribution in [0.4, 0.5) is 0 Å². The first-order chi connectivity index (χ1) is 14.5. The van der Waals surface area contributed by atoms with Crippen LogP contribution >= 0.6 is 0 Å². The number of allylic oxidation sites excluding steroid dienone is 3. The maximum absolute atomic E-state index is 12.9. The molecule has 1 heterocycles. The molecule has 0 saturated carbocycles. The predicted octanol–water partition coefficient (Wildman–Crippen LogP) is 6.54. The Morgan fingerprint density at radius 3 is 2.43 bits per heavy atom. The van der Waals surface area contributed by atoms with E-state index in [1.165, 1.54) is 17.4 Å². The van der Waals surface area contributed by atoms with Gasteiger partial charge in [0.25, 0.3) is 0 Å². The van der Waals surface area contributed by atoms with Crippen molar-refractivity contribution < 1.29 is 13.9 Å². The van der Waals surface area contributed by atoms with Gasteiger partial charge in [0.15, 0.2) is 5.43 Å². The predicted molar refractivity (Wildman–Crippen MR) is 122 cm³/mol. The summed E-state index contributed by atoms with van der Waals surface area (Å²) in [6.45, 7) is 6.82. The minimum atomic E-state index is -0.0667. The molecule has 0 aliphatic rings. The highest BCUT2D eigenvalue weighted by Gasteiger charge is 2.10. The molecule has 0 fully saturated rings. The summed E-state index contributed by atoms with van der Waals surface area (Å²) in [6.07, 6.45) is 7.90. The van der Waals surface area contributed by atoms with Gasteiger partial charge in [-0.15, -0.1) is 0 Å². The Balaban J connectivity index is 1.72. The molecule has 3 rings (SSSR count). The van der Waals surface area contributed by atoms with E-state index in [0.717, 1.165) is 24.2 Å². The third-order valence-electron chi connectivity index (χ3n) is 4.92. The molecule has 0 atom stereocenters. The summed E-state index contributed by atoms with van der Waals surface area (Å²) >= 11 is 0. The highest BCUT2D eigenvalue weighted by Crippen LogP contribution is 2.24. The number of ether oxygens (including phenoxy) is 2. The molecular formula is C26H28O4. The van der Waals surface area contributed by atoms with Crippen LogP contribution in [0.15, 0.2) is 81.2 Å². The Bertz CT molecular complexity index is 1110. The molecule has 2 aromatic carbocycles. The van der Waals surface area contributed by atoms with Crippen molar-refractivity contribution in [1.29, 1.82) is 0 Å². The summed E-state index contributed by atoms with van der Waals surface area (Å²) in [6, 6.07) is 12.7. The Hall–Kier alpha value is -3.27. The van der Waals surface area contributed by atoms with Crippen LogP contribution < -0.4 is 14.9 Å². The van der Waals surface area contributed by atoms with E-state index in [4.69, 9.17) is 13.9 Å². The van der Waals surface area contributed by atoms with Gasteiger partial charge in [-0.1, -0.05) is 29.4 Å². The second-order valence-electron chi connectivity index (χ2n) is 7.55. The fraction of sp³-hybridized carbons (Fsp3) is 0.269. The molecule has 0 unspecified atom stereocenters. The fourth-order valence-corrected chi connectivity index (χ4v) is 3.14. The molecule has 4 nitrogen and oxygen atoms in total. The van der Waals surface area contributed by atoms with Crippen LogP contribution in [0.25, 0.3) is 22.1 Å². The van der Waals surface area contributed by atoms with E-state index in [1.54, 1.807) is 19.2 Å². The lowest BCUT2D eigenvalue weighted by molar-refractivity contribution is 0.361. The van der Waals surface area contributed by atoms with Crippen molar-refractivity contribution in [2.24, 2.45) is 0 Å². The highest BCUT2D eigenvalue weighted by molar-refractivity contribution is 5.82. The number of hydrogen-bond donors (Lipinski definition) is 0. The van der Waals surface area contributed by atoms with Crippen molar-refractivity contribution >= 4 is 11.0 Å². The van der Waals surface area contributed by atoms with E-state index in [0.29, 0.717) is 28.9 Å². The maximum atomic E-state index is 12.9. The van der Waals surface area contributed by atoms with Crippen molar-refractivity contribution in [1.82, 2.24) is 0 Å². The third-order valence-corrected chi connectivity index (χ3v) is 4.92. The van der Waals surface area contributed by atoms with Crippen molar-refractivity contribution in [3.63, 3.8) is 0 Å². The van der Waals surface area contributed by atoms with Crippen LogP contribution in [-0.2, 0) is 0 Å². The number of fused-ring (bicyclic) bond motifs is 1. The molecule has 0 aliphatic carbocycles. The molecule has 0 radical (unpaired) electrons. The summed E-state index contributed by atoms with van der Waals surface area (Å²) in [5, 5.41) is 0.532. The highest BCUT2D eigenvalue weighted by atomic mass is 16.5. The van der Waals surface area contributed by atoms with E-state index >= 15 is 0 Å². The molecule has 3 aromatic rings. The third kappa shape index (κ3) is 5.41. The SMILES string of the molecule is COc1ccc(-c2coc3cc(OC/C=C(\C)CCC=C(C)C)ccc3c2=O)cc1. The van der Waals surface area contributed by atoms with Gasteiger partial charge in [0.2, 0.25) is 0 Å². The molecule has 30 heavy (non-hydrogen) atoms. The quantitative estimate of drug-likeness (QED) is 0.400. The van der Waals surface area contributed by atoms with Crippen LogP contribution in [-0.4, -0.2) is 13.7 Å². The second kappa shape index (κ2) is 9.97. The summed E-state index contributed by atoms with van der Waals surface area (Å²) in [5.74, 6) is 1.42. The topological polar surface area (TPSA) is 48.7 Å². The first kappa shape index (κ1) is 21.4. The average Bonchev–Trinajstić information content (AvgIpc) is 2.74. The Morgan fingerprint density at radius 1 is 1.00 bits per heavy atom. The number of rotatable bonds is 8. The van der Waals surface area contributed by atoms with Gasteiger partial charge in [0.05, 0.1) is 18.1 Å². The minimum Gasteiger partial charge on any atom is -0.497 e. The van der Waals surface area contributed by atoms with Crippen LogP contribution in [0, 0.1) is 0 Å². The average molecular weight is 405 g/mol. The first-order valence-electron chi connectivity index (χ1n) is 10.1. The standard InChI is InChI=1S/C26H28O4/c1-18(2)6-5-7-19(3)14-15-29-22-12-13-23-25(16-22)30-17-24(26(23)27)20-8-10-21(28-4)11-9-20/h6,8-14,16-17H,5,7,15H2,1-4H3/b19-14+. The Labute approximate surface area is 177 Å². The summed E-state index contributed by atoms with van der Waals surface area (Å²) < 4.78 is 16.7. The Morgan fingerprint density at radius 2 is 1.73 bits per heavy atom. The van der Waals surface area contributed by atoms with E-state index in [9.17, 15) is 4.79 Å². The Kier molecular flexibility index (Phi) is 7.12. The van der Waals surface area contributed by atoms with Crippen LogP contribution in [0.5, 0.6) is 11.5 Å². The van der Waals surface area contributed by atoms with Gasteiger partial charge >= 0.3 is 0 Å². The lowest BCUT2D eigenvalue weighted by Gasteiger charge is -2.07. The lowest BCUT2D eigenvalue weighted by Crippen LogP contribution is -2.05. The summed E-state index contributed by atoms with van der Waals surface area (Å²) in [5.41, 5.74) is 4.40. The molecule has 0 saturated heterocycles. The minimum absolute atomic E-state index is 0.0667. The molecule has 0 amide bonds. The van der Waals surface area contributed by atoms with E-state index < -0.39 is 0 Å². The van der Waals surface area contributed by atoms with Crippen LogP contribution in [0.1, 0.15) is 33.6 Å². The number of benzene rings is 2. The zero-order valence-electron chi connectivity index (χ0n) is 18.0. The van der Waals surface area contributed by atoms with Gasteiger partial charge in [-0.25, -0.2) is 0 Å². The smallest absolute Gasteiger partial charge is 0.200 e. The van der Waals surface area contributed by atoms with Gasteiger partial charge in [0.1, 0.15) is 30.0 Å². The maximum Gasteiger partial charge on any atom is 0.200 e. The lowest BCUT2D eigenvalue weighted by atomic mass is 10.1. The zero-order valence-corrected chi connectivity index (χ0v) is 18.0. The van der Waals surface area contributed by atoms with Crippen LogP contribution in [0.2, 0.25) is 0 Å². The van der Waals surface area contributed by atoms with Crippen molar-refractivity contribution in [3.8, 4) is 22.6 Å². The normalized spacial score (nSPS) is 11.4. The fourth-order valence-electron chi connectivity index (χ4n) is 3.14. The van der Waals surface area contributed by atoms with Crippen molar-refractivity contribution in [2.75, 3.05) is 13.7 Å². The summed E-state index contributed by atoms with van der Waals surface area (Å²) in [4.78, 5) is 12.9. The number of hydrogen-bond acceptors (Lipinski definition) is 4. The monoisotopic (exact) mass is 404 g/mol. The molecular weight excluding hydrogens is 376 g/mol. The molecule has 1 aromatic heterocycles. The van der Waals surface area contributed by atoms with E-state index in [-0.39, 0.29) is 5.43 Å². The van der Waals surface area contributed by atoms with Gasteiger partial charge < -0.3 is 13.9 Å². The molecule has 4 heteroatoms. The van der Waals surface area contributed by atoms with Gasteiger partial charge in [-0.05, 0) is 69.5 Å². The van der Waals surface area contributed by atoms with E-state index in [1.807, 2.05) is 30.3 Å². The van der Waals surface area contributed by atoms with Gasteiger partial charge in [-0.3, -0.25) is 4.79 Å². The van der Waals surface area contributed by atoms with Gasteiger partial charge in [0, 0.05) is 6.07 Å².